The van der Waals surface area contributed by atoms with Crippen LogP contribution >= 0.6 is 0 Å². The van der Waals surface area contributed by atoms with Crippen molar-refractivity contribution in [2.45, 2.75) is 0 Å². The second-order valence-corrected chi connectivity index (χ2v) is 1.56. The first-order chi connectivity index (χ1) is 5.33. The van der Waals surface area contributed by atoms with Crippen molar-refractivity contribution in [3.8, 4) is 0 Å². The van der Waals surface area contributed by atoms with Gasteiger partial charge in [0.25, 0.3) is 0 Å². The SMILES string of the molecule is O=C(C=NO)On1cccn1. The topological polar surface area (TPSA) is 76.7 Å². The maximum atomic E-state index is 10.5. The second kappa shape index (κ2) is 3.35. The summed E-state index contributed by atoms with van der Waals surface area (Å²) in [6.07, 6.45) is 3.51. The Balaban J connectivity index is 2.50. The lowest BCUT2D eigenvalue weighted by Gasteiger charge is -1.95. The van der Waals surface area contributed by atoms with Gasteiger partial charge in [-0.05, 0) is 6.07 Å². The van der Waals surface area contributed by atoms with E-state index in [9.17, 15) is 4.79 Å². The fourth-order valence-corrected chi connectivity index (χ4v) is 0.472. The molecule has 6 heteroatoms. The van der Waals surface area contributed by atoms with Crippen LogP contribution in [0.5, 0.6) is 0 Å². The molecule has 0 aromatic carbocycles. The highest BCUT2D eigenvalue weighted by molar-refractivity contribution is 6.23. The van der Waals surface area contributed by atoms with E-state index in [1.54, 1.807) is 6.07 Å². The molecule has 1 aromatic rings. The first kappa shape index (κ1) is 7.26. The Kier molecular flexibility index (Phi) is 2.21. The predicted molar refractivity (Wildman–Crippen MR) is 34.1 cm³/mol. The monoisotopic (exact) mass is 155 g/mol. The lowest BCUT2D eigenvalue weighted by molar-refractivity contribution is -0.137. The molecular formula is C5H5N3O3. The third kappa shape index (κ3) is 2.09. The van der Waals surface area contributed by atoms with Crippen molar-refractivity contribution in [3.63, 3.8) is 0 Å². The lowest BCUT2D eigenvalue weighted by Crippen LogP contribution is -2.20. The predicted octanol–water partition coefficient (Wildman–Crippen LogP) is -0.702. The van der Waals surface area contributed by atoms with Gasteiger partial charge >= 0.3 is 5.97 Å². The van der Waals surface area contributed by atoms with Crippen LogP contribution in [-0.2, 0) is 4.79 Å². The second-order valence-electron chi connectivity index (χ2n) is 1.56. The van der Waals surface area contributed by atoms with E-state index in [0.717, 1.165) is 4.85 Å². The summed E-state index contributed by atoms with van der Waals surface area (Å²) in [5.41, 5.74) is 0. The number of carbonyl (C=O) groups excluding carboxylic acids is 1. The Bertz CT molecular complexity index is 254. The summed E-state index contributed by atoms with van der Waals surface area (Å²) in [7, 11) is 0. The van der Waals surface area contributed by atoms with Gasteiger partial charge in [-0.1, -0.05) is 10.0 Å². The van der Waals surface area contributed by atoms with Crippen molar-refractivity contribution < 1.29 is 14.8 Å². The fourth-order valence-electron chi connectivity index (χ4n) is 0.472. The molecule has 0 amide bonds. The average molecular weight is 155 g/mol. The van der Waals surface area contributed by atoms with E-state index in [0.29, 0.717) is 6.21 Å². The highest BCUT2D eigenvalue weighted by Gasteiger charge is 1.98. The van der Waals surface area contributed by atoms with E-state index < -0.39 is 5.97 Å². The zero-order chi connectivity index (χ0) is 8.10. The van der Waals surface area contributed by atoms with Crippen molar-refractivity contribution in [2.24, 2.45) is 5.16 Å². The van der Waals surface area contributed by atoms with E-state index in [-0.39, 0.29) is 0 Å². The molecule has 0 spiro atoms. The van der Waals surface area contributed by atoms with E-state index >= 15 is 0 Å². The van der Waals surface area contributed by atoms with Crippen LogP contribution in [0.4, 0.5) is 0 Å². The molecule has 1 N–H and O–H groups in total. The van der Waals surface area contributed by atoms with Crippen LogP contribution in [0.1, 0.15) is 0 Å². The maximum Gasteiger partial charge on any atom is 0.379 e. The minimum absolute atomic E-state index is 0.627. The van der Waals surface area contributed by atoms with Crippen LogP contribution in [0.15, 0.2) is 23.6 Å². The summed E-state index contributed by atoms with van der Waals surface area (Å²) in [4.78, 5) is 15.9. The van der Waals surface area contributed by atoms with Crippen molar-refractivity contribution in [1.82, 2.24) is 9.94 Å². The fraction of sp³-hybridized carbons (Fsp3) is 0. The first-order valence-electron chi connectivity index (χ1n) is 2.72. The lowest BCUT2D eigenvalue weighted by atomic mass is 10.8. The maximum absolute atomic E-state index is 10.5. The Morgan fingerprint density at radius 2 is 2.64 bits per heavy atom. The number of carbonyl (C=O) groups is 1. The minimum atomic E-state index is -0.795. The van der Waals surface area contributed by atoms with Gasteiger partial charge in [0.1, 0.15) is 0 Å². The largest absolute Gasteiger partial charge is 0.411 e. The highest BCUT2D eigenvalue weighted by Crippen LogP contribution is 1.78. The van der Waals surface area contributed by atoms with Gasteiger partial charge < -0.3 is 10.0 Å². The van der Waals surface area contributed by atoms with E-state index in [1.807, 2.05) is 0 Å². The van der Waals surface area contributed by atoms with E-state index in [2.05, 4.69) is 15.1 Å². The van der Waals surface area contributed by atoms with Gasteiger partial charge in [-0.25, -0.2) is 4.79 Å². The Morgan fingerprint density at radius 1 is 1.82 bits per heavy atom. The smallest absolute Gasteiger partial charge is 0.379 e. The molecule has 0 atom stereocenters. The van der Waals surface area contributed by atoms with Gasteiger partial charge in [0.15, 0.2) is 6.21 Å². The van der Waals surface area contributed by atoms with Crippen molar-refractivity contribution >= 4 is 12.2 Å². The number of hydrogen-bond donors (Lipinski definition) is 1. The molecule has 0 unspecified atom stereocenters. The summed E-state index contributed by atoms with van der Waals surface area (Å²) < 4.78 is 0. The van der Waals surface area contributed by atoms with Crippen LogP contribution in [0.2, 0.25) is 0 Å². The molecule has 0 aliphatic heterocycles. The number of nitrogens with zero attached hydrogens (tertiary/aromatic N) is 3. The number of rotatable bonds is 2. The number of hydrogen-bond acceptors (Lipinski definition) is 5. The molecule has 1 aromatic heterocycles. The van der Waals surface area contributed by atoms with Crippen LogP contribution in [0, 0.1) is 0 Å². The highest BCUT2D eigenvalue weighted by atomic mass is 16.7. The summed E-state index contributed by atoms with van der Waals surface area (Å²) in [5, 5.41) is 13.9. The molecule has 0 radical (unpaired) electrons. The molecule has 1 rings (SSSR count). The van der Waals surface area contributed by atoms with Crippen molar-refractivity contribution in [1.29, 1.82) is 0 Å². The molecule has 0 saturated carbocycles. The summed E-state index contributed by atoms with van der Waals surface area (Å²) in [6.45, 7) is 0. The van der Waals surface area contributed by atoms with Crippen LogP contribution in [0.25, 0.3) is 0 Å². The minimum Gasteiger partial charge on any atom is -0.411 e. The van der Waals surface area contributed by atoms with Gasteiger partial charge in [-0.2, -0.15) is 0 Å². The summed E-state index contributed by atoms with van der Waals surface area (Å²) >= 11 is 0. The van der Waals surface area contributed by atoms with Gasteiger partial charge in [-0.15, -0.1) is 5.10 Å². The van der Waals surface area contributed by atoms with Gasteiger partial charge in [-0.3, -0.25) is 0 Å². The van der Waals surface area contributed by atoms with Gasteiger partial charge in [0.2, 0.25) is 0 Å². The van der Waals surface area contributed by atoms with Crippen molar-refractivity contribution in [3.05, 3.63) is 18.5 Å². The quantitative estimate of drug-likeness (QED) is 0.348. The first-order valence-corrected chi connectivity index (χ1v) is 2.72. The molecular weight excluding hydrogens is 150 g/mol. The normalized spacial score (nSPS) is 10.2. The van der Waals surface area contributed by atoms with E-state index in [4.69, 9.17) is 5.21 Å². The summed E-state index contributed by atoms with van der Waals surface area (Å²) in [5.74, 6) is -0.795. The standard InChI is InChI=1S/C5H5N3O3/c9-5(4-7-10)11-8-3-1-2-6-8/h1-4,10H. The van der Waals surface area contributed by atoms with Crippen LogP contribution in [0.3, 0.4) is 0 Å². The molecule has 0 aliphatic rings. The van der Waals surface area contributed by atoms with Gasteiger partial charge in [0, 0.05) is 0 Å². The van der Waals surface area contributed by atoms with Crippen molar-refractivity contribution in [2.75, 3.05) is 0 Å². The molecule has 11 heavy (non-hydrogen) atoms. The Labute approximate surface area is 61.6 Å². The molecule has 0 aliphatic carbocycles. The molecule has 1 heterocycles. The van der Waals surface area contributed by atoms with Gasteiger partial charge in [0.05, 0.1) is 12.4 Å². The van der Waals surface area contributed by atoms with Crippen LogP contribution < -0.4 is 4.84 Å². The third-order valence-electron chi connectivity index (χ3n) is 0.827. The van der Waals surface area contributed by atoms with E-state index in [1.165, 1.54) is 12.4 Å². The Morgan fingerprint density at radius 3 is 3.18 bits per heavy atom. The summed E-state index contributed by atoms with van der Waals surface area (Å²) in [6, 6.07) is 1.59. The zero-order valence-electron chi connectivity index (χ0n) is 5.41. The third-order valence-corrected chi connectivity index (χ3v) is 0.827. The number of oxime groups is 1. The molecule has 58 valence electrons. The molecule has 6 nitrogen and oxygen atoms in total. The average Bonchev–Trinajstić information content (AvgIpc) is 2.40. The zero-order valence-corrected chi connectivity index (χ0v) is 5.41. The molecule has 0 bridgehead atoms. The molecule has 0 fully saturated rings. The molecule has 0 saturated heterocycles. The number of aromatic nitrogens is 2. The Hall–Kier alpha value is -1.85. The van der Waals surface area contributed by atoms with Crippen LogP contribution in [-0.4, -0.2) is 27.3 Å².